The van der Waals surface area contributed by atoms with E-state index in [2.05, 4.69) is 11.4 Å². The summed E-state index contributed by atoms with van der Waals surface area (Å²) in [6.45, 7) is 4.53. The highest BCUT2D eigenvalue weighted by Crippen LogP contribution is 2.15. The summed E-state index contributed by atoms with van der Waals surface area (Å²) < 4.78 is 0. The molecule has 1 saturated heterocycles. The number of amides is 2. The van der Waals surface area contributed by atoms with E-state index in [-0.39, 0.29) is 30.3 Å². The first kappa shape index (κ1) is 13.5. The van der Waals surface area contributed by atoms with E-state index in [1.807, 2.05) is 13.8 Å². The molecule has 1 atom stereocenters. The van der Waals surface area contributed by atoms with E-state index < -0.39 is 0 Å². The van der Waals surface area contributed by atoms with Gasteiger partial charge in [0, 0.05) is 13.0 Å². The first-order chi connectivity index (χ1) is 8.04. The van der Waals surface area contributed by atoms with Crippen LogP contribution >= 0.6 is 0 Å². The van der Waals surface area contributed by atoms with Gasteiger partial charge in [0.2, 0.25) is 11.8 Å². The molecule has 94 valence electrons. The van der Waals surface area contributed by atoms with E-state index >= 15 is 0 Å². The van der Waals surface area contributed by atoms with Gasteiger partial charge in [-0.15, -0.1) is 0 Å². The molecule has 0 saturated carbocycles. The summed E-state index contributed by atoms with van der Waals surface area (Å²) in [4.78, 5) is 24.7. The maximum atomic E-state index is 11.8. The largest absolute Gasteiger partial charge is 0.347 e. The van der Waals surface area contributed by atoms with E-state index in [1.54, 1.807) is 4.90 Å². The molecule has 0 unspecified atom stereocenters. The van der Waals surface area contributed by atoms with Crippen LogP contribution in [0.1, 0.15) is 33.1 Å². The summed E-state index contributed by atoms with van der Waals surface area (Å²) in [7, 11) is 0. The van der Waals surface area contributed by atoms with E-state index in [0.717, 1.165) is 12.8 Å². The Hall–Kier alpha value is -1.57. The highest BCUT2D eigenvalue weighted by molar-refractivity contribution is 5.85. The lowest BCUT2D eigenvalue weighted by Gasteiger charge is -2.19. The minimum absolute atomic E-state index is 0.00370. The number of nitrogens with zero attached hydrogens (tertiary/aromatic N) is 2. The minimum Gasteiger partial charge on any atom is -0.347 e. The van der Waals surface area contributed by atoms with Gasteiger partial charge in [0.25, 0.3) is 0 Å². The van der Waals surface area contributed by atoms with Crippen LogP contribution in [-0.4, -0.2) is 35.8 Å². The van der Waals surface area contributed by atoms with Crippen molar-refractivity contribution in [2.24, 2.45) is 5.92 Å². The number of hydrogen-bond donors (Lipinski definition) is 1. The first-order valence-electron chi connectivity index (χ1n) is 6.00. The van der Waals surface area contributed by atoms with Gasteiger partial charge in [-0.2, -0.15) is 5.26 Å². The van der Waals surface area contributed by atoms with Gasteiger partial charge in [0.1, 0.15) is 6.04 Å². The third kappa shape index (κ3) is 4.06. The highest BCUT2D eigenvalue weighted by atomic mass is 16.2. The van der Waals surface area contributed by atoms with Crippen molar-refractivity contribution in [2.45, 2.75) is 39.2 Å². The van der Waals surface area contributed by atoms with Gasteiger partial charge in [-0.05, 0) is 18.8 Å². The van der Waals surface area contributed by atoms with Crippen LogP contribution in [-0.2, 0) is 9.59 Å². The number of nitrogens with one attached hydrogen (secondary N) is 1. The van der Waals surface area contributed by atoms with E-state index in [4.69, 9.17) is 5.26 Å². The lowest BCUT2D eigenvalue weighted by Crippen LogP contribution is -2.42. The zero-order chi connectivity index (χ0) is 12.8. The molecule has 0 bridgehead atoms. The van der Waals surface area contributed by atoms with Crippen LogP contribution in [0.25, 0.3) is 0 Å². The molecule has 0 aromatic rings. The summed E-state index contributed by atoms with van der Waals surface area (Å²) >= 11 is 0. The summed E-state index contributed by atoms with van der Waals surface area (Å²) in [5, 5.41) is 11.4. The fourth-order valence-corrected chi connectivity index (χ4v) is 1.92. The van der Waals surface area contributed by atoms with Crippen LogP contribution in [0.2, 0.25) is 0 Å². The highest BCUT2D eigenvalue weighted by Gasteiger charge is 2.28. The van der Waals surface area contributed by atoms with Gasteiger partial charge in [0.05, 0.1) is 12.6 Å². The second kappa shape index (κ2) is 6.24. The third-order valence-corrected chi connectivity index (χ3v) is 2.75. The van der Waals surface area contributed by atoms with Crippen molar-refractivity contribution in [1.82, 2.24) is 10.2 Å². The van der Waals surface area contributed by atoms with E-state index in [1.165, 1.54) is 0 Å². The minimum atomic E-state index is -0.315. The molecule has 1 fully saturated rings. The Balaban J connectivity index is 2.35. The van der Waals surface area contributed by atoms with Crippen LogP contribution < -0.4 is 5.32 Å². The molecule has 5 heteroatoms. The molecule has 1 aliphatic heterocycles. The SMILES string of the molecule is CC(C)CC(=O)NCC(=O)N1CCC[C@H]1C#N. The van der Waals surface area contributed by atoms with Crippen molar-refractivity contribution in [3.05, 3.63) is 0 Å². The van der Waals surface area contributed by atoms with Gasteiger partial charge in [-0.25, -0.2) is 0 Å². The Labute approximate surface area is 102 Å². The van der Waals surface area contributed by atoms with Crippen molar-refractivity contribution in [1.29, 1.82) is 5.26 Å². The molecule has 2 amide bonds. The van der Waals surface area contributed by atoms with Gasteiger partial charge >= 0.3 is 0 Å². The number of nitriles is 1. The van der Waals surface area contributed by atoms with Crippen molar-refractivity contribution < 1.29 is 9.59 Å². The van der Waals surface area contributed by atoms with Crippen molar-refractivity contribution in [3.8, 4) is 6.07 Å². The quantitative estimate of drug-likeness (QED) is 0.780. The van der Waals surface area contributed by atoms with Crippen molar-refractivity contribution >= 4 is 11.8 Å². The summed E-state index contributed by atoms with van der Waals surface area (Å²) in [6.07, 6.45) is 2.03. The number of carbonyl (C=O) groups is 2. The summed E-state index contributed by atoms with van der Waals surface area (Å²) in [5.41, 5.74) is 0. The average Bonchev–Trinajstić information content (AvgIpc) is 2.72. The van der Waals surface area contributed by atoms with Crippen molar-refractivity contribution in [3.63, 3.8) is 0 Å². The maximum absolute atomic E-state index is 11.8. The molecule has 0 radical (unpaired) electrons. The van der Waals surface area contributed by atoms with Crippen LogP contribution in [0.5, 0.6) is 0 Å². The van der Waals surface area contributed by atoms with Crippen LogP contribution in [0.3, 0.4) is 0 Å². The Bertz CT molecular complexity index is 333. The second-order valence-corrected chi connectivity index (χ2v) is 4.75. The fraction of sp³-hybridized carbons (Fsp3) is 0.750. The predicted octanol–water partition coefficient (Wildman–Crippen LogP) is 0.663. The molecule has 1 rings (SSSR count). The maximum Gasteiger partial charge on any atom is 0.243 e. The van der Waals surface area contributed by atoms with Crippen LogP contribution in [0.15, 0.2) is 0 Å². The topological polar surface area (TPSA) is 73.2 Å². The third-order valence-electron chi connectivity index (χ3n) is 2.75. The monoisotopic (exact) mass is 237 g/mol. The number of likely N-dealkylation sites (tertiary alicyclic amines) is 1. The molecule has 0 aliphatic carbocycles. The zero-order valence-electron chi connectivity index (χ0n) is 10.4. The smallest absolute Gasteiger partial charge is 0.243 e. The van der Waals surface area contributed by atoms with E-state index in [9.17, 15) is 9.59 Å². The molecule has 17 heavy (non-hydrogen) atoms. The molecule has 1 heterocycles. The van der Waals surface area contributed by atoms with Crippen molar-refractivity contribution in [2.75, 3.05) is 13.1 Å². The molecule has 1 N–H and O–H groups in total. The van der Waals surface area contributed by atoms with Crippen LogP contribution in [0, 0.1) is 17.2 Å². The Morgan fingerprint density at radius 2 is 2.24 bits per heavy atom. The molecular weight excluding hydrogens is 218 g/mol. The van der Waals surface area contributed by atoms with Gasteiger partial charge < -0.3 is 10.2 Å². The normalized spacial score (nSPS) is 19.2. The number of carbonyl (C=O) groups excluding carboxylic acids is 2. The van der Waals surface area contributed by atoms with Crippen LogP contribution in [0.4, 0.5) is 0 Å². The lowest BCUT2D eigenvalue weighted by molar-refractivity contribution is -0.133. The molecule has 5 nitrogen and oxygen atoms in total. The second-order valence-electron chi connectivity index (χ2n) is 4.75. The molecule has 0 spiro atoms. The molecule has 0 aromatic carbocycles. The fourth-order valence-electron chi connectivity index (χ4n) is 1.92. The standard InChI is InChI=1S/C12H19N3O2/c1-9(2)6-11(16)14-8-12(17)15-5-3-4-10(15)7-13/h9-10H,3-6,8H2,1-2H3,(H,14,16)/t10-/m0/s1. The number of hydrogen-bond acceptors (Lipinski definition) is 3. The number of rotatable bonds is 4. The zero-order valence-corrected chi connectivity index (χ0v) is 10.4. The average molecular weight is 237 g/mol. The predicted molar refractivity (Wildman–Crippen MR) is 62.8 cm³/mol. The molecule has 0 aromatic heterocycles. The lowest BCUT2D eigenvalue weighted by atomic mass is 10.1. The van der Waals surface area contributed by atoms with E-state index in [0.29, 0.717) is 13.0 Å². The molecular formula is C12H19N3O2. The summed E-state index contributed by atoms with van der Waals surface area (Å²) in [6, 6.07) is 1.79. The Morgan fingerprint density at radius 1 is 1.53 bits per heavy atom. The van der Waals surface area contributed by atoms with Gasteiger partial charge in [0.15, 0.2) is 0 Å². The Morgan fingerprint density at radius 3 is 2.82 bits per heavy atom. The van der Waals surface area contributed by atoms with Gasteiger partial charge in [-0.1, -0.05) is 13.8 Å². The first-order valence-corrected chi connectivity index (χ1v) is 6.00. The summed E-state index contributed by atoms with van der Waals surface area (Å²) in [5.74, 6) is 0.0101. The Kier molecular flexibility index (Phi) is 4.95. The molecule has 1 aliphatic rings. The van der Waals surface area contributed by atoms with Gasteiger partial charge in [-0.3, -0.25) is 9.59 Å².